The summed E-state index contributed by atoms with van der Waals surface area (Å²) in [6, 6.07) is 3.83. The second-order valence-corrected chi connectivity index (χ2v) is 4.34. The maximum Gasteiger partial charge on any atom is 0.336 e. The molecule has 3 nitrogen and oxygen atoms in total. The van der Waals surface area contributed by atoms with E-state index in [1.807, 2.05) is 26.0 Å². The van der Waals surface area contributed by atoms with E-state index in [0.29, 0.717) is 16.9 Å². The van der Waals surface area contributed by atoms with Crippen LogP contribution in [0.5, 0.6) is 5.75 Å². The molecular weight excluding hydrogens is 216 g/mol. The lowest BCUT2D eigenvalue weighted by molar-refractivity contribution is -0.130. The van der Waals surface area contributed by atoms with Gasteiger partial charge in [0, 0.05) is 5.56 Å². The topological polar surface area (TPSA) is 46.5 Å². The van der Waals surface area contributed by atoms with Crippen LogP contribution in [0.3, 0.4) is 0 Å². The van der Waals surface area contributed by atoms with E-state index in [4.69, 9.17) is 4.74 Å². The van der Waals surface area contributed by atoms with Crippen molar-refractivity contribution in [3.8, 4) is 5.75 Å². The maximum absolute atomic E-state index is 11.3. The van der Waals surface area contributed by atoms with Crippen LogP contribution in [0, 0.1) is 13.8 Å². The van der Waals surface area contributed by atoms with Gasteiger partial charge in [-0.15, -0.1) is 0 Å². The minimum atomic E-state index is -0.923. The molecule has 17 heavy (non-hydrogen) atoms. The summed E-state index contributed by atoms with van der Waals surface area (Å²) in [6.45, 7) is 7.45. The molecule has 0 atom stereocenters. The monoisotopic (exact) mass is 234 g/mol. The predicted octanol–water partition coefficient (Wildman–Crippen LogP) is 3.19. The largest absolute Gasteiger partial charge is 0.496 e. The molecule has 0 aliphatic carbocycles. The van der Waals surface area contributed by atoms with Gasteiger partial charge >= 0.3 is 5.97 Å². The summed E-state index contributed by atoms with van der Waals surface area (Å²) in [6.07, 6.45) is 0. The van der Waals surface area contributed by atoms with Crippen molar-refractivity contribution in [2.24, 2.45) is 0 Å². The number of carboxylic acid groups (broad SMARTS) is 1. The van der Waals surface area contributed by atoms with Crippen molar-refractivity contribution in [3.63, 3.8) is 0 Å². The zero-order chi connectivity index (χ0) is 13.2. The molecule has 0 heterocycles. The summed E-state index contributed by atoms with van der Waals surface area (Å²) in [4.78, 5) is 11.3. The Morgan fingerprint density at radius 1 is 1.24 bits per heavy atom. The molecule has 0 saturated heterocycles. The second-order valence-electron chi connectivity index (χ2n) is 4.34. The van der Waals surface area contributed by atoms with E-state index in [-0.39, 0.29) is 0 Å². The molecule has 0 bridgehead atoms. The molecule has 1 rings (SSSR count). The molecule has 0 unspecified atom stereocenters. The van der Waals surface area contributed by atoms with Crippen LogP contribution < -0.4 is 4.74 Å². The average molecular weight is 234 g/mol. The zero-order valence-corrected chi connectivity index (χ0v) is 10.9. The fraction of sp³-hybridized carbons (Fsp3) is 0.357. The van der Waals surface area contributed by atoms with Gasteiger partial charge in [0.05, 0.1) is 12.7 Å². The third kappa shape index (κ3) is 2.67. The van der Waals surface area contributed by atoms with Crippen LogP contribution in [0.2, 0.25) is 0 Å². The molecule has 0 fully saturated rings. The van der Waals surface area contributed by atoms with Crippen molar-refractivity contribution < 1.29 is 14.6 Å². The standard InChI is InChI=1S/C14H18O3/c1-8(2)12(14(15)16)11-7-9(3)6-10(4)13(11)17-5/h6-7H,1-5H3,(H,15,16). The van der Waals surface area contributed by atoms with Gasteiger partial charge in [-0.1, -0.05) is 11.6 Å². The number of benzene rings is 1. The van der Waals surface area contributed by atoms with Crippen LogP contribution in [-0.2, 0) is 4.79 Å². The van der Waals surface area contributed by atoms with Crippen molar-refractivity contribution >= 4 is 11.5 Å². The second kappa shape index (κ2) is 5.04. The molecular formula is C14H18O3. The SMILES string of the molecule is COc1c(C)cc(C)cc1C(C(=O)O)=C(C)C. The van der Waals surface area contributed by atoms with Crippen LogP contribution in [0.15, 0.2) is 17.7 Å². The number of carbonyl (C=O) groups is 1. The number of carboxylic acids is 1. The molecule has 1 aromatic rings. The first-order chi connectivity index (χ1) is 7.88. The highest BCUT2D eigenvalue weighted by molar-refractivity contribution is 6.17. The lowest BCUT2D eigenvalue weighted by Crippen LogP contribution is -2.05. The van der Waals surface area contributed by atoms with Gasteiger partial charge in [0.1, 0.15) is 5.75 Å². The molecule has 1 aromatic carbocycles. The first-order valence-electron chi connectivity index (χ1n) is 5.44. The summed E-state index contributed by atoms with van der Waals surface area (Å²) in [5, 5.41) is 9.29. The first kappa shape index (κ1) is 13.3. The summed E-state index contributed by atoms with van der Waals surface area (Å²) in [5.74, 6) is -0.289. The minimum Gasteiger partial charge on any atom is -0.496 e. The van der Waals surface area contributed by atoms with Crippen LogP contribution in [0.25, 0.3) is 5.57 Å². The third-order valence-electron chi connectivity index (χ3n) is 2.61. The summed E-state index contributed by atoms with van der Waals surface area (Å²) in [5.41, 5.74) is 3.70. The average Bonchev–Trinajstić information content (AvgIpc) is 2.15. The van der Waals surface area contributed by atoms with Gasteiger partial charge in [-0.25, -0.2) is 4.79 Å². The van der Waals surface area contributed by atoms with Crippen LogP contribution in [0.1, 0.15) is 30.5 Å². The number of hydrogen-bond donors (Lipinski definition) is 1. The third-order valence-corrected chi connectivity index (χ3v) is 2.61. The number of hydrogen-bond acceptors (Lipinski definition) is 2. The molecule has 0 aliphatic rings. The number of methoxy groups -OCH3 is 1. The lowest BCUT2D eigenvalue weighted by atomic mass is 9.96. The molecule has 1 N–H and O–H groups in total. The Kier molecular flexibility index (Phi) is 3.94. The maximum atomic E-state index is 11.3. The Balaban J connectivity index is 3.59. The number of allylic oxidation sites excluding steroid dienone is 1. The van der Waals surface area contributed by atoms with Gasteiger partial charge in [0.15, 0.2) is 0 Å². The van der Waals surface area contributed by atoms with E-state index < -0.39 is 5.97 Å². The van der Waals surface area contributed by atoms with Crippen LogP contribution in [0.4, 0.5) is 0 Å². The van der Waals surface area contributed by atoms with Gasteiger partial charge in [-0.2, -0.15) is 0 Å². The highest BCUT2D eigenvalue weighted by Crippen LogP contribution is 2.32. The van der Waals surface area contributed by atoms with Gasteiger partial charge in [-0.3, -0.25) is 0 Å². The van der Waals surface area contributed by atoms with Crippen LogP contribution >= 0.6 is 0 Å². The van der Waals surface area contributed by atoms with Crippen molar-refractivity contribution in [2.45, 2.75) is 27.7 Å². The summed E-state index contributed by atoms with van der Waals surface area (Å²) >= 11 is 0. The highest BCUT2D eigenvalue weighted by Gasteiger charge is 2.18. The van der Waals surface area contributed by atoms with E-state index in [9.17, 15) is 9.90 Å². The number of ether oxygens (including phenoxy) is 1. The highest BCUT2D eigenvalue weighted by atomic mass is 16.5. The molecule has 0 aromatic heterocycles. The smallest absolute Gasteiger partial charge is 0.336 e. The summed E-state index contributed by atoms with van der Waals surface area (Å²) < 4.78 is 5.31. The van der Waals surface area contributed by atoms with Gasteiger partial charge in [0.2, 0.25) is 0 Å². The Hall–Kier alpha value is -1.77. The van der Waals surface area contributed by atoms with Gasteiger partial charge in [0.25, 0.3) is 0 Å². The van der Waals surface area contributed by atoms with E-state index in [1.54, 1.807) is 21.0 Å². The predicted molar refractivity (Wildman–Crippen MR) is 68.4 cm³/mol. The van der Waals surface area contributed by atoms with E-state index in [2.05, 4.69) is 0 Å². The Bertz CT molecular complexity index is 480. The summed E-state index contributed by atoms with van der Waals surface area (Å²) in [7, 11) is 1.56. The van der Waals surface area contributed by atoms with E-state index >= 15 is 0 Å². The number of aryl methyl sites for hydroxylation is 2. The molecule has 0 spiro atoms. The Morgan fingerprint density at radius 3 is 2.24 bits per heavy atom. The Labute approximate surface area is 102 Å². The fourth-order valence-electron chi connectivity index (χ4n) is 2.01. The normalized spacial score (nSPS) is 9.94. The molecule has 3 heteroatoms. The number of rotatable bonds is 3. The first-order valence-corrected chi connectivity index (χ1v) is 5.44. The quantitative estimate of drug-likeness (QED) is 0.817. The minimum absolute atomic E-state index is 0.314. The Morgan fingerprint density at radius 2 is 1.82 bits per heavy atom. The van der Waals surface area contributed by atoms with Crippen molar-refractivity contribution in [1.82, 2.24) is 0 Å². The fourth-order valence-corrected chi connectivity index (χ4v) is 2.01. The van der Waals surface area contributed by atoms with E-state index in [1.165, 1.54) is 0 Å². The zero-order valence-electron chi connectivity index (χ0n) is 10.9. The van der Waals surface area contributed by atoms with Crippen molar-refractivity contribution in [1.29, 1.82) is 0 Å². The molecule has 92 valence electrons. The molecule has 0 aliphatic heterocycles. The number of aliphatic carboxylic acids is 1. The van der Waals surface area contributed by atoms with Crippen molar-refractivity contribution in [3.05, 3.63) is 34.4 Å². The lowest BCUT2D eigenvalue weighted by Gasteiger charge is -2.14. The molecule has 0 radical (unpaired) electrons. The van der Waals surface area contributed by atoms with Crippen LogP contribution in [-0.4, -0.2) is 18.2 Å². The molecule has 0 amide bonds. The van der Waals surface area contributed by atoms with Gasteiger partial charge in [-0.05, 0) is 44.9 Å². The van der Waals surface area contributed by atoms with Gasteiger partial charge < -0.3 is 9.84 Å². The molecule has 0 saturated carbocycles. The van der Waals surface area contributed by atoms with E-state index in [0.717, 1.165) is 16.7 Å². The van der Waals surface area contributed by atoms with Crippen molar-refractivity contribution in [2.75, 3.05) is 7.11 Å².